The lowest BCUT2D eigenvalue weighted by molar-refractivity contribution is 0.112. The first-order chi connectivity index (χ1) is 11.7. The van der Waals surface area contributed by atoms with E-state index in [1.807, 2.05) is 43.3 Å². The Hall–Kier alpha value is -3.06. The highest BCUT2D eigenvalue weighted by Gasteiger charge is 2.06. The average Bonchev–Trinajstić information content (AvgIpc) is 2.95. The molecule has 0 fully saturated rings. The predicted octanol–water partition coefficient (Wildman–Crippen LogP) is 3.64. The molecule has 0 aliphatic carbocycles. The van der Waals surface area contributed by atoms with Crippen LogP contribution in [0.3, 0.4) is 0 Å². The molecule has 4 heteroatoms. The van der Waals surface area contributed by atoms with Crippen LogP contribution >= 0.6 is 0 Å². The van der Waals surface area contributed by atoms with Gasteiger partial charge in [-0.1, -0.05) is 5.92 Å². The molecule has 0 aliphatic rings. The summed E-state index contributed by atoms with van der Waals surface area (Å²) in [6.07, 6.45) is 2.65. The molecule has 0 aliphatic heterocycles. The molecule has 24 heavy (non-hydrogen) atoms. The van der Waals surface area contributed by atoms with Crippen LogP contribution < -0.4 is 5.32 Å². The van der Waals surface area contributed by atoms with Crippen LogP contribution in [0.4, 0.5) is 5.69 Å². The van der Waals surface area contributed by atoms with Gasteiger partial charge in [-0.05, 0) is 56.2 Å². The van der Waals surface area contributed by atoms with Crippen molar-refractivity contribution in [1.29, 1.82) is 0 Å². The minimum Gasteiger partial charge on any atom is -0.374 e. The number of hydrogen-bond donors (Lipinski definition) is 1. The summed E-state index contributed by atoms with van der Waals surface area (Å²) < 4.78 is 2.16. The number of fused-ring (bicyclic) bond motifs is 1. The Morgan fingerprint density at radius 3 is 2.88 bits per heavy atom. The number of carbonyl (C=O) groups is 1. The third kappa shape index (κ3) is 3.31. The van der Waals surface area contributed by atoms with Gasteiger partial charge >= 0.3 is 0 Å². The van der Waals surface area contributed by atoms with E-state index in [0.717, 1.165) is 40.8 Å². The highest BCUT2D eigenvalue weighted by molar-refractivity contribution is 5.88. The first kappa shape index (κ1) is 15.8. The summed E-state index contributed by atoms with van der Waals surface area (Å²) in [6.45, 7) is 5.46. The van der Waals surface area contributed by atoms with Crippen LogP contribution in [0.1, 0.15) is 28.7 Å². The van der Waals surface area contributed by atoms with Gasteiger partial charge in [0, 0.05) is 40.6 Å². The number of hydrogen-bond acceptors (Lipinski definition) is 3. The first-order valence-electron chi connectivity index (χ1n) is 7.95. The summed E-state index contributed by atoms with van der Waals surface area (Å²) in [5, 5.41) is 4.32. The standard InChI is InChI=1S/C20H19N3O/c1-3-23-19(13-17-12-16(14-24)6-7-20(17)23)5-4-9-22-18-8-10-21-15(2)11-18/h6-8,10-14H,3,9H2,1-2H3,(H,21,22). The number of nitrogens with zero attached hydrogens (tertiary/aromatic N) is 2. The van der Waals surface area contributed by atoms with Crippen LogP contribution in [-0.2, 0) is 6.54 Å². The van der Waals surface area contributed by atoms with E-state index in [4.69, 9.17) is 0 Å². The number of anilines is 1. The maximum atomic E-state index is 10.9. The van der Waals surface area contributed by atoms with Crippen LogP contribution in [0.2, 0.25) is 0 Å². The molecule has 2 heterocycles. The Morgan fingerprint density at radius 2 is 2.12 bits per heavy atom. The number of pyridine rings is 1. The van der Waals surface area contributed by atoms with Gasteiger partial charge in [-0.25, -0.2) is 0 Å². The molecule has 3 rings (SSSR count). The number of benzene rings is 1. The summed E-state index contributed by atoms with van der Waals surface area (Å²) >= 11 is 0. The van der Waals surface area contributed by atoms with Gasteiger partial charge in [0.25, 0.3) is 0 Å². The second kappa shape index (κ2) is 7.01. The molecule has 3 aromatic rings. The summed E-state index contributed by atoms with van der Waals surface area (Å²) in [5.41, 5.74) is 4.74. The van der Waals surface area contributed by atoms with Crippen molar-refractivity contribution in [3.63, 3.8) is 0 Å². The third-order valence-electron chi connectivity index (χ3n) is 3.87. The molecule has 0 bridgehead atoms. The highest BCUT2D eigenvalue weighted by atomic mass is 16.1. The maximum Gasteiger partial charge on any atom is 0.150 e. The van der Waals surface area contributed by atoms with E-state index in [9.17, 15) is 4.79 Å². The van der Waals surface area contributed by atoms with Crippen molar-refractivity contribution >= 4 is 22.9 Å². The first-order valence-corrected chi connectivity index (χ1v) is 7.95. The Kier molecular flexibility index (Phi) is 4.62. The van der Waals surface area contributed by atoms with Crippen molar-refractivity contribution in [3.8, 4) is 11.8 Å². The lowest BCUT2D eigenvalue weighted by atomic mass is 10.2. The molecular formula is C20H19N3O. The van der Waals surface area contributed by atoms with Crippen molar-refractivity contribution in [1.82, 2.24) is 9.55 Å². The van der Waals surface area contributed by atoms with Crippen LogP contribution in [0.5, 0.6) is 0 Å². The van der Waals surface area contributed by atoms with E-state index < -0.39 is 0 Å². The van der Waals surface area contributed by atoms with Crippen molar-refractivity contribution in [2.75, 3.05) is 11.9 Å². The van der Waals surface area contributed by atoms with E-state index in [0.29, 0.717) is 12.1 Å². The Morgan fingerprint density at radius 1 is 1.25 bits per heavy atom. The second-order valence-electron chi connectivity index (χ2n) is 5.55. The molecule has 0 radical (unpaired) electrons. The SMILES string of the molecule is CCn1c(C#CCNc2ccnc(C)c2)cc2cc(C=O)ccc21. The average molecular weight is 317 g/mol. The van der Waals surface area contributed by atoms with Crippen LogP contribution in [0.25, 0.3) is 10.9 Å². The topological polar surface area (TPSA) is 46.9 Å². The Balaban J connectivity index is 1.81. The van der Waals surface area contributed by atoms with Crippen LogP contribution in [0.15, 0.2) is 42.6 Å². The fourth-order valence-electron chi connectivity index (χ4n) is 2.74. The number of rotatable bonds is 4. The van der Waals surface area contributed by atoms with Gasteiger partial charge in [0.2, 0.25) is 0 Å². The van der Waals surface area contributed by atoms with E-state index in [1.165, 1.54) is 0 Å². The molecule has 0 spiro atoms. The van der Waals surface area contributed by atoms with E-state index in [2.05, 4.69) is 33.6 Å². The summed E-state index contributed by atoms with van der Waals surface area (Å²) in [4.78, 5) is 15.1. The molecule has 120 valence electrons. The number of carbonyl (C=O) groups excluding carboxylic acids is 1. The number of nitrogens with one attached hydrogen (secondary N) is 1. The zero-order chi connectivity index (χ0) is 16.9. The van der Waals surface area contributed by atoms with Crippen LogP contribution in [0, 0.1) is 18.8 Å². The Bertz CT molecular complexity index is 944. The molecule has 1 aromatic carbocycles. The summed E-state index contributed by atoms with van der Waals surface area (Å²) in [7, 11) is 0. The minimum atomic E-state index is 0.564. The number of aldehydes is 1. The lowest BCUT2D eigenvalue weighted by Gasteiger charge is -2.03. The van der Waals surface area contributed by atoms with Gasteiger partial charge in [-0.15, -0.1) is 0 Å². The molecule has 0 saturated heterocycles. The zero-order valence-electron chi connectivity index (χ0n) is 13.8. The summed E-state index contributed by atoms with van der Waals surface area (Å²) in [6, 6.07) is 11.7. The highest BCUT2D eigenvalue weighted by Crippen LogP contribution is 2.20. The van der Waals surface area contributed by atoms with Gasteiger partial charge < -0.3 is 9.88 Å². The van der Waals surface area contributed by atoms with E-state index in [1.54, 1.807) is 6.20 Å². The zero-order valence-corrected chi connectivity index (χ0v) is 13.8. The van der Waals surface area contributed by atoms with Crippen LogP contribution in [-0.4, -0.2) is 22.4 Å². The van der Waals surface area contributed by atoms with Gasteiger partial charge in [0.1, 0.15) is 6.29 Å². The quantitative estimate of drug-likeness (QED) is 0.590. The normalized spacial score (nSPS) is 10.2. The van der Waals surface area contributed by atoms with Gasteiger partial charge in [-0.2, -0.15) is 0 Å². The maximum absolute atomic E-state index is 10.9. The fraction of sp³-hybridized carbons (Fsp3) is 0.200. The molecule has 0 saturated carbocycles. The minimum absolute atomic E-state index is 0.564. The van der Waals surface area contributed by atoms with Gasteiger partial charge in [0.05, 0.1) is 12.2 Å². The number of aromatic nitrogens is 2. The third-order valence-corrected chi connectivity index (χ3v) is 3.87. The smallest absolute Gasteiger partial charge is 0.150 e. The predicted molar refractivity (Wildman–Crippen MR) is 97.3 cm³/mol. The fourth-order valence-corrected chi connectivity index (χ4v) is 2.74. The summed E-state index contributed by atoms with van der Waals surface area (Å²) in [5.74, 6) is 6.38. The van der Waals surface area contributed by atoms with Gasteiger partial charge in [-0.3, -0.25) is 9.78 Å². The monoisotopic (exact) mass is 317 g/mol. The van der Waals surface area contributed by atoms with Crippen molar-refractivity contribution in [2.24, 2.45) is 0 Å². The lowest BCUT2D eigenvalue weighted by Crippen LogP contribution is -2.00. The molecule has 0 amide bonds. The molecular weight excluding hydrogens is 298 g/mol. The Labute approximate surface area is 141 Å². The second-order valence-corrected chi connectivity index (χ2v) is 5.55. The molecule has 2 aromatic heterocycles. The molecule has 0 unspecified atom stereocenters. The largest absolute Gasteiger partial charge is 0.374 e. The van der Waals surface area contributed by atoms with Crippen molar-refractivity contribution < 1.29 is 4.79 Å². The molecule has 4 nitrogen and oxygen atoms in total. The van der Waals surface area contributed by atoms with E-state index in [-0.39, 0.29) is 0 Å². The van der Waals surface area contributed by atoms with Crippen molar-refractivity contribution in [2.45, 2.75) is 20.4 Å². The van der Waals surface area contributed by atoms with E-state index >= 15 is 0 Å². The van der Waals surface area contributed by atoms with Crippen molar-refractivity contribution in [3.05, 3.63) is 59.5 Å². The number of aryl methyl sites for hydroxylation is 2. The molecule has 0 atom stereocenters. The van der Waals surface area contributed by atoms with Gasteiger partial charge in [0.15, 0.2) is 0 Å². The molecule has 1 N–H and O–H groups in total.